The first kappa shape index (κ1) is 14.5. The lowest BCUT2D eigenvalue weighted by Gasteiger charge is -2.23. The molecule has 2 bridgehead atoms. The van der Waals surface area contributed by atoms with Gasteiger partial charge in [0, 0.05) is 18.2 Å². The molecule has 2 N–H and O–H groups in total. The van der Waals surface area contributed by atoms with Crippen molar-refractivity contribution in [2.24, 2.45) is 11.8 Å². The molecule has 3 unspecified atom stereocenters. The number of hydrogen-bond acceptors (Lipinski definition) is 4. The Labute approximate surface area is 126 Å². The average Bonchev–Trinajstić information content (AvgIpc) is 3.08. The molecule has 22 heavy (non-hydrogen) atoms. The summed E-state index contributed by atoms with van der Waals surface area (Å²) in [5.41, 5.74) is -0.654. The molecule has 2 saturated carbocycles. The van der Waals surface area contributed by atoms with Crippen LogP contribution in [0.2, 0.25) is 0 Å². The Bertz CT molecular complexity index is 657. The molecule has 0 radical (unpaired) electrons. The lowest BCUT2D eigenvalue weighted by atomic mass is 9.95. The van der Waals surface area contributed by atoms with Gasteiger partial charge in [-0.15, -0.1) is 0 Å². The second kappa shape index (κ2) is 5.40. The fourth-order valence-corrected chi connectivity index (χ4v) is 3.69. The number of nitro groups is 1. The summed E-state index contributed by atoms with van der Waals surface area (Å²) in [5, 5.41) is 22.9. The predicted octanol–water partition coefficient (Wildman–Crippen LogP) is 2.21. The molecular weight excluding hydrogens is 288 g/mol. The second-order valence-electron chi connectivity index (χ2n) is 6.05. The van der Waals surface area contributed by atoms with Gasteiger partial charge in [0.15, 0.2) is 0 Å². The van der Waals surface area contributed by atoms with Gasteiger partial charge in [0.2, 0.25) is 0 Å². The Morgan fingerprint density at radius 1 is 1.23 bits per heavy atom. The number of nitrogens with zero attached hydrogens (tertiary/aromatic N) is 1. The molecule has 3 rings (SSSR count). The monoisotopic (exact) mass is 304 g/mol. The molecule has 0 aromatic heterocycles. The van der Waals surface area contributed by atoms with Crippen LogP contribution >= 0.6 is 0 Å². The Morgan fingerprint density at radius 3 is 2.55 bits per heavy atom. The molecule has 3 atom stereocenters. The van der Waals surface area contributed by atoms with E-state index in [4.69, 9.17) is 5.11 Å². The summed E-state index contributed by atoms with van der Waals surface area (Å²) in [6, 6.07) is 3.28. The van der Waals surface area contributed by atoms with Crippen molar-refractivity contribution in [3.05, 3.63) is 39.4 Å². The molecule has 7 heteroatoms. The van der Waals surface area contributed by atoms with Gasteiger partial charge in [0.05, 0.1) is 16.1 Å². The van der Waals surface area contributed by atoms with E-state index in [1.54, 1.807) is 0 Å². The highest BCUT2D eigenvalue weighted by Gasteiger charge is 2.40. The number of carboxylic acids is 1. The number of rotatable bonds is 4. The molecule has 1 amide bonds. The number of benzene rings is 1. The van der Waals surface area contributed by atoms with E-state index in [0.29, 0.717) is 11.8 Å². The summed E-state index contributed by atoms with van der Waals surface area (Å²) in [5.74, 6) is -0.730. The smallest absolute Gasteiger partial charge is 0.336 e. The van der Waals surface area contributed by atoms with Crippen molar-refractivity contribution < 1.29 is 19.6 Å². The Morgan fingerprint density at radius 2 is 2.00 bits per heavy atom. The zero-order valence-electron chi connectivity index (χ0n) is 11.8. The average molecular weight is 304 g/mol. The topological polar surface area (TPSA) is 110 Å². The van der Waals surface area contributed by atoms with E-state index in [9.17, 15) is 19.7 Å². The van der Waals surface area contributed by atoms with Gasteiger partial charge in [0.1, 0.15) is 0 Å². The van der Waals surface area contributed by atoms with Gasteiger partial charge in [-0.2, -0.15) is 0 Å². The molecule has 2 fully saturated rings. The highest BCUT2D eigenvalue weighted by Crippen LogP contribution is 2.44. The van der Waals surface area contributed by atoms with E-state index in [1.807, 2.05) is 0 Å². The van der Waals surface area contributed by atoms with Crippen molar-refractivity contribution in [1.29, 1.82) is 0 Å². The first-order valence-corrected chi connectivity index (χ1v) is 7.28. The Kier molecular flexibility index (Phi) is 3.56. The van der Waals surface area contributed by atoms with Crippen molar-refractivity contribution >= 4 is 17.6 Å². The fourth-order valence-electron chi connectivity index (χ4n) is 3.69. The number of carbonyl (C=O) groups is 2. The van der Waals surface area contributed by atoms with Crippen LogP contribution in [0.15, 0.2) is 18.2 Å². The van der Waals surface area contributed by atoms with Gasteiger partial charge in [-0.3, -0.25) is 14.9 Å². The van der Waals surface area contributed by atoms with Crippen molar-refractivity contribution in [1.82, 2.24) is 5.32 Å². The zero-order chi connectivity index (χ0) is 15.9. The number of amides is 1. The number of hydrogen-bond donors (Lipinski definition) is 2. The van der Waals surface area contributed by atoms with Gasteiger partial charge >= 0.3 is 5.97 Å². The highest BCUT2D eigenvalue weighted by atomic mass is 16.6. The van der Waals surface area contributed by atoms with Crippen molar-refractivity contribution in [3.8, 4) is 0 Å². The molecule has 0 aliphatic heterocycles. The molecule has 2 aliphatic rings. The van der Waals surface area contributed by atoms with E-state index in [1.165, 1.54) is 6.42 Å². The lowest BCUT2D eigenvalue weighted by molar-refractivity contribution is -0.384. The standard InChI is InChI=1S/C15H16N2O5/c18-14(16-13-6-8-1-2-9(13)5-8)12-7-10(17(21)22)3-4-11(12)15(19)20/h3-4,7-9,13H,1-2,5-6H2,(H,16,18)(H,19,20). The number of nitro benzene ring substituents is 1. The van der Waals surface area contributed by atoms with Gasteiger partial charge in [0.25, 0.3) is 11.6 Å². The molecule has 1 aromatic rings. The maximum Gasteiger partial charge on any atom is 0.336 e. The Hall–Kier alpha value is -2.44. The van der Waals surface area contributed by atoms with Crippen LogP contribution in [0.3, 0.4) is 0 Å². The summed E-state index contributed by atoms with van der Waals surface area (Å²) < 4.78 is 0. The van der Waals surface area contributed by atoms with Crippen LogP contribution in [0.5, 0.6) is 0 Å². The number of carboxylic acid groups (broad SMARTS) is 1. The summed E-state index contributed by atoms with van der Waals surface area (Å²) >= 11 is 0. The third-order valence-corrected chi connectivity index (χ3v) is 4.74. The van der Waals surface area contributed by atoms with Crippen LogP contribution in [0.1, 0.15) is 46.4 Å². The minimum atomic E-state index is -1.27. The third kappa shape index (κ3) is 2.54. The first-order chi connectivity index (χ1) is 10.5. The van der Waals surface area contributed by atoms with Crippen molar-refractivity contribution in [2.75, 3.05) is 0 Å². The van der Waals surface area contributed by atoms with E-state index >= 15 is 0 Å². The molecule has 2 aliphatic carbocycles. The van der Waals surface area contributed by atoms with Gasteiger partial charge < -0.3 is 10.4 Å². The van der Waals surface area contributed by atoms with Crippen molar-refractivity contribution in [3.63, 3.8) is 0 Å². The van der Waals surface area contributed by atoms with Crippen LogP contribution < -0.4 is 5.32 Å². The van der Waals surface area contributed by atoms with Crippen LogP contribution in [-0.4, -0.2) is 27.9 Å². The van der Waals surface area contributed by atoms with Gasteiger partial charge in [-0.05, 0) is 37.2 Å². The van der Waals surface area contributed by atoms with E-state index in [2.05, 4.69) is 5.32 Å². The third-order valence-electron chi connectivity index (χ3n) is 4.74. The number of fused-ring (bicyclic) bond motifs is 2. The zero-order valence-corrected chi connectivity index (χ0v) is 11.8. The Balaban J connectivity index is 1.85. The minimum absolute atomic E-state index is 0.0483. The fraction of sp³-hybridized carbons (Fsp3) is 0.467. The quantitative estimate of drug-likeness (QED) is 0.654. The van der Waals surface area contributed by atoms with Gasteiger partial charge in [-0.25, -0.2) is 4.79 Å². The first-order valence-electron chi connectivity index (χ1n) is 7.28. The lowest BCUT2D eigenvalue weighted by Crippen LogP contribution is -2.39. The van der Waals surface area contributed by atoms with Crippen molar-refractivity contribution in [2.45, 2.75) is 31.7 Å². The van der Waals surface area contributed by atoms with Crippen LogP contribution in [0, 0.1) is 22.0 Å². The number of non-ortho nitro benzene ring substituents is 1. The molecule has 0 spiro atoms. The van der Waals surface area contributed by atoms with Crippen LogP contribution in [-0.2, 0) is 0 Å². The predicted molar refractivity (Wildman–Crippen MR) is 76.8 cm³/mol. The second-order valence-corrected chi connectivity index (χ2v) is 6.05. The molecule has 0 saturated heterocycles. The maximum atomic E-state index is 12.4. The van der Waals surface area contributed by atoms with E-state index < -0.39 is 16.8 Å². The highest BCUT2D eigenvalue weighted by molar-refractivity contribution is 6.05. The summed E-state index contributed by atoms with van der Waals surface area (Å²) in [7, 11) is 0. The van der Waals surface area contributed by atoms with E-state index in [-0.39, 0.29) is 22.9 Å². The molecule has 116 valence electrons. The summed E-state index contributed by atoms with van der Waals surface area (Å²) in [4.78, 5) is 33.8. The minimum Gasteiger partial charge on any atom is -0.478 e. The summed E-state index contributed by atoms with van der Waals surface area (Å²) in [6.07, 6.45) is 4.28. The number of nitrogens with one attached hydrogen (secondary N) is 1. The normalized spacial score (nSPS) is 25.9. The molecule has 7 nitrogen and oxygen atoms in total. The maximum absolute atomic E-state index is 12.4. The molecule has 1 aromatic carbocycles. The van der Waals surface area contributed by atoms with Gasteiger partial charge in [-0.1, -0.05) is 6.42 Å². The summed E-state index contributed by atoms with van der Waals surface area (Å²) in [6.45, 7) is 0. The SMILES string of the molecule is O=C(O)c1ccc([N+](=O)[O-])cc1C(=O)NC1CC2CCC1C2. The molecule has 0 heterocycles. The largest absolute Gasteiger partial charge is 0.478 e. The molecular formula is C15H16N2O5. The number of aromatic carboxylic acids is 1. The van der Waals surface area contributed by atoms with Crippen LogP contribution in [0.25, 0.3) is 0 Å². The number of carbonyl (C=O) groups excluding carboxylic acids is 1. The van der Waals surface area contributed by atoms with E-state index in [0.717, 1.165) is 37.5 Å². The van der Waals surface area contributed by atoms with Crippen LogP contribution in [0.4, 0.5) is 5.69 Å².